The van der Waals surface area contributed by atoms with Gasteiger partial charge < -0.3 is 14.3 Å². The van der Waals surface area contributed by atoms with Crippen molar-refractivity contribution in [3.63, 3.8) is 0 Å². The van der Waals surface area contributed by atoms with Gasteiger partial charge in [0.25, 0.3) is 5.91 Å². The molecule has 6 heteroatoms. The van der Waals surface area contributed by atoms with E-state index in [1.54, 1.807) is 19.0 Å². The van der Waals surface area contributed by atoms with Crippen LogP contribution in [-0.2, 0) is 6.42 Å². The Labute approximate surface area is 225 Å². The molecule has 4 aromatic rings. The van der Waals surface area contributed by atoms with Crippen LogP contribution in [-0.4, -0.2) is 59.6 Å². The van der Waals surface area contributed by atoms with Crippen molar-refractivity contribution in [2.75, 3.05) is 33.7 Å². The van der Waals surface area contributed by atoms with Crippen molar-refractivity contribution in [1.82, 2.24) is 19.9 Å². The molecule has 1 aromatic heterocycles. The van der Waals surface area contributed by atoms with Gasteiger partial charge in [0.05, 0.1) is 0 Å². The number of piperidine rings is 1. The molecule has 0 unspecified atom stereocenters. The zero-order chi connectivity index (χ0) is 26.3. The van der Waals surface area contributed by atoms with Gasteiger partial charge in [-0.1, -0.05) is 78.0 Å². The van der Waals surface area contributed by atoms with Gasteiger partial charge in [0.1, 0.15) is 0 Å². The maximum atomic E-state index is 12.1. The molecule has 1 aliphatic rings. The molecule has 2 heterocycles. The van der Waals surface area contributed by atoms with E-state index in [9.17, 15) is 4.79 Å². The molecule has 196 valence electrons. The fourth-order valence-electron chi connectivity index (χ4n) is 5.34. The second kappa shape index (κ2) is 12.2. The Balaban J connectivity index is 1.13. The Morgan fingerprint density at radius 1 is 0.921 bits per heavy atom. The summed E-state index contributed by atoms with van der Waals surface area (Å²) in [7, 11) is 3.50. The highest BCUT2D eigenvalue weighted by molar-refractivity contribution is 5.94. The van der Waals surface area contributed by atoms with E-state index in [4.69, 9.17) is 4.52 Å². The first-order chi connectivity index (χ1) is 18.6. The van der Waals surface area contributed by atoms with Crippen LogP contribution in [0.4, 0.5) is 0 Å². The Bertz CT molecular complexity index is 1250. The number of amides is 1. The third kappa shape index (κ3) is 6.37. The number of hydrogen-bond donors (Lipinski definition) is 0. The molecular weight excluding hydrogens is 472 g/mol. The van der Waals surface area contributed by atoms with Gasteiger partial charge in [0.15, 0.2) is 0 Å². The quantitative estimate of drug-likeness (QED) is 0.281. The van der Waals surface area contributed by atoms with Crippen LogP contribution in [0.15, 0.2) is 89.5 Å². The minimum absolute atomic E-state index is 0.0210. The normalized spacial score (nSPS) is 14.6. The molecule has 1 aliphatic heterocycles. The molecular formula is C32H36N4O2. The molecule has 1 saturated heterocycles. The fourth-order valence-corrected chi connectivity index (χ4v) is 5.34. The Kier molecular flexibility index (Phi) is 8.29. The molecule has 5 rings (SSSR count). The van der Waals surface area contributed by atoms with Crippen molar-refractivity contribution in [3.8, 4) is 11.4 Å². The molecule has 6 nitrogen and oxygen atoms in total. The molecule has 0 N–H and O–H groups in total. The number of carbonyl (C=O) groups excluding carboxylic acids is 1. The van der Waals surface area contributed by atoms with E-state index in [1.807, 2.05) is 24.3 Å². The zero-order valence-electron chi connectivity index (χ0n) is 22.3. The van der Waals surface area contributed by atoms with E-state index < -0.39 is 0 Å². The van der Waals surface area contributed by atoms with Crippen LogP contribution in [0, 0.1) is 5.92 Å². The summed E-state index contributed by atoms with van der Waals surface area (Å²) in [6.45, 7) is 3.30. The lowest BCUT2D eigenvalue weighted by Crippen LogP contribution is -2.35. The van der Waals surface area contributed by atoms with Gasteiger partial charge in [0, 0.05) is 37.6 Å². The molecule has 0 aliphatic carbocycles. The van der Waals surface area contributed by atoms with Crippen molar-refractivity contribution in [2.24, 2.45) is 5.92 Å². The highest BCUT2D eigenvalue weighted by Gasteiger charge is 2.23. The predicted molar refractivity (Wildman–Crippen MR) is 150 cm³/mol. The van der Waals surface area contributed by atoms with E-state index in [0.29, 0.717) is 29.1 Å². The van der Waals surface area contributed by atoms with Crippen molar-refractivity contribution in [1.29, 1.82) is 0 Å². The maximum absolute atomic E-state index is 12.1. The molecule has 0 bridgehead atoms. The average Bonchev–Trinajstić information content (AvgIpc) is 3.43. The summed E-state index contributed by atoms with van der Waals surface area (Å²) >= 11 is 0. The number of hydrogen-bond acceptors (Lipinski definition) is 5. The first-order valence-electron chi connectivity index (χ1n) is 13.5. The smallest absolute Gasteiger partial charge is 0.253 e. The lowest BCUT2D eigenvalue weighted by molar-refractivity contribution is 0.0827. The number of benzene rings is 3. The van der Waals surface area contributed by atoms with Gasteiger partial charge >= 0.3 is 0 Å². The van der Waals surface area contributed by atoms with E-state index in [1.165, 1.54) is 11.1 Å². The van der Waals surface area contributed by atoms with Crippen LogP contribution in [0.5, 0.6) is 0 Å². The molecule has 0 spiro atoms. The highest BCUT2D eigenvalue weighted by atomic mass is 16.5. The van der Waals surface area contributed by atoms with Crippen LogP contribution in [0.1, 0.15) is 52.6 Å². The summed E-state index contributed by atoms with van der Waals surface area (Å²) < 4.78 is 5.59. The van der Waals surface area contributed by atoms with Crippen LogP contribution in [0.2, 0.25) is 0 Å². The maximum Gasteiger partial charge on any atom is 0.253 e. The number of likely N-dealkylation sites (tertiary alicyclic amines) is 1. The lowest BCUT2D eigenvalue weighted by atomic mass is 9.87. The average molecular weight is 509 g/mol. The van der Waals surface area contributed by atoms with E-state index in [0.717, 1.165) is 50.9 Å². The molecule has 0 atom stereocenters. The summed E-state index contributed by atoms with van der Waals surface area (Å²) in [6.07, 6.45) is 4.21. The zero-order valence-corrected chi connectivity index (χ0v) is 22.3. The summed E-state index contributed by atoms with van der Waals surface area (Å²) in [6, 6.07) is 29.1. The summed E-state index contributed by atoms with van der Waals surface area (Å²) in [5.41, 5.74) is 4.28. The Morgan fingerprint density at radius 2 is 1.53 bits per heavy atom. The standard InChI is InChI=1S/C32H36N4O2/c1-35(2)32(37)28-15-13-27(14-16-28)31-33-30(38-34-31)23-24-17-20-36(21-18-24)22-19-29(25-9-5-3-6-10-25)26-11-7-4-8-12-26/h3-16,24,29H,17-23H2,1-2H3. The Morgan fingerprint density at radius 3 is 2.11 bits per heavy atom. The van der Waals surface area contributed by atoms with Gasteiger partial charge in [-0.05, 0) is 68.1 Å². The molecule has 1 amide bonds. The number of nitrogens with zero attached hydrogens (tertiary/aromatic N) is 4. The van der Waals surface area contributed by atoms with Crippen molar-refractivity contribution in [2.45, 2.75) is 31.6 Å². The van der Waals surface area contributed by atoms with Crippen molar-refractivity contribution >= 4 is 5.91 Å². The molecule has 0 saturated carbocycles. The predicted octanol–water partition coefficient (Wildman–Crippen LogP) is 5.92. The number of rotatable bonds is 9. The SMILES string of the molecule is CN(C)C(=O)c1ccc(-c2noc(CC3CCN(CCC(c4ccccc4)c4ccccc4)CC3)n2)cc1. The summed E-state index contributed by atoms with van der Waals surface area (Å²) in [4.78, 5) is 20.9. The van der Waals surface area contributed by atoms with Crippen LogP contribution in [0.25, 0.3) is 11.4 Å². The van der Waals surface area contributed by atoms with Gasteiger partial charge in [-0.15, -0.1) is 0 Å². The van der Waals surface area contributed by atoms with Crippen molar-refractivity contribution < 1.29 is 9.32 Å². The topological polar surface area (TPSA) is 62.5 Å². The minimum Gasteiger partial charge on any atom is -0.345 e. The summed E-state index contributed by atoms with van der Waals surface area (Å²) in [5, 5.41) is 4.19. The third-order valence-electron chi connectivity index (χ3n) is 7.57. The molecule has 0 radical (unpaired) electrons. The van der Waals surface area contributed by atoms with Crippen molar-refractivity contribution in [3.05, 3.63) is 108 Å². The monoisotopic (exact) mass is 508 g/mol. The van der Waals surface area contributed by atoms with E-state index in [2.05, 4.69) is 75.7 Å². The van der Waals surface area contributed by atoms with Crippen LogP contribution >= 0.6 is 0 Å². The second-order valence-electron chi connectivity index (χ2n) is 10.4. The number of aromatic nitrogens is 2. The molecule has 38 heavy (non-hydrogen) atoms. The van der Waals surface area contributed by atoms with Crippen LogP contribution < -0.4 is 0 Å². The summed E-state index contributed by atoms with van der Waals surface area (Å²) in [5.74, 6) is 2.22. The minimum atomic E-state index is -0.0210. The van der Waals surface area contributed by atoms with Crippen LogP contribution in [0.3, 0.4) is 0 Å². The highest BCUT2D eigenvalue weighted by Crippen LogP contribution is 2.29. The third-order valence-corrected chi connectivity index (χ3v) is 7.57. The number of carbonyl (C=O) groups is 1. The Hall–Kier alpha value is -3.77. The van der Waals surface area contributed by atoms with Gasteiger partial charge in [-0.3, -0.25) is 4.79 Å². The van der Waals surface area contributed by atoms with E-state index in [-0.39, 0.29) is 5.91 Å². The first kappa shape index (κ1) is 25.9. The van der Waals surface area contributed by atoms with Gasteiger partial charge in [-0.2, -0.15) is 4.98 Å². The fraction of sp³-hybridized carbons (Fsp3) is 0.344. The second-order valence-corrected chi connectivity index (χ2v) is 10.4. The molecule has 1 fully saturated rings. The van der Waals surface area contributed by atoms with Gasteiger partial charge in [-0.25, -0.2) is 0 Å². The first-order valence-corrected chi connectivity index (χ1v) is 13.5. The lowest BCUT2D eigenvalue weighted by Gasteiger charge is -2.32. The largest absolute Gasteiger partial charge is 0.345 e. The van der Waals surface area contributed by atoms with Gasteiger partial charge in [0.2, 0.25) is 11.7 Å². The molecule has 3 aromatic carbocycles. The van der Waals surface area contributed by atoms with E-state index >= 15 is 0 Å².